The summed E-state index contributed by atoms with van der Waals surface area (Å²) in [6.07, 6.45) is -0.724. The summed E-state index contributed by atoms with van der Waals surface area (Å²) in [6, 6.07) is 5.65. The van der Waals surface area contributed by atoms with E-state index < -0.39 is 17.9 Å². The van der Waals surface area contributed by atoms with E-state index in [1.807, 2.05) is 26.0 Å². The molecule has 0 aliphatic rings. The Balaban J connectivity index is 2.48. The summed E-state index contributed by atoms with van der Waals surface area (Å²) < 4.78 is 10.5. The van der Waals surface area contributed by atoms with Crippen molar-refractivity contribution in [3.05, 3.63) is 29.3 Å². The zero-order chi connectivity index (χ0) is 15.8. The molecule has 1 unspecified atom stereocenters. The first kappa shape index (κ1) is 17.0. The molecule has 0 aliphatic heterocycles. The van der Waals surface area contributed by atoms with E-state index >= 15 is 0 Å². The fraction of sp³-hybridized carbons (Fsp3) is 0.467. The van der Waals surface area contributed by atoms with Crippen molar-refractivity contribution in [2.24, 2.45) is 0 Å². The number of aryl methyl sites for hydroxylation is 1. The maximum absolute atomic E-state index is 11.8. The minimum absolute atomic E-state index is 0.0942. The lowest BCUT2D eigenvalue weighted by atomic mass is 10.1. The summed E-state index contributed by atoms with van der Waals surface area (Å²) >= 11 is 0. The van der Waals surface area contributed by atoms with Gasteiger partial charge >= 0.3 is 0 Å². The zero-order valence-corrected chi connectivity index (χ0v) is 12.9. The fourth-order valence-corrected chi connectivity index (χ4v) is 1.56. The fourth-order valence-electron chi connectivity index (χ4n) is 1.56. The Kier molecular flexibility index (Phi) is 6.68. The highest BCUT2D eigenvalue weighted by molar-refractivity contribution is 5.85. The van der Waals surface area contributed by atoms with Crippen LogP contribution >= 0.6 is 0 Å². The van der Waals surface area contributed by atoms with E-state index in [0.717, 1.165) is 11.1 Å². The molecule has 2 N–H and O–H groups in total. The van der Waals surface area contributed by atoms with Crippen molar-refractivity contribution in [2.75, 3.05) is 13.2 Å². The van der Waals surface area contributed by atoms with E-state index in [0.29, 0.717) is 12.4 Å². The molecule has 0 heterocycles. The Morgan fingerprint density at radius 1 is 1.24 bits per heavy atom. The molecule has 0 saturated heterocycles. The number of benzene rings is 1. The van der Waals surface area contributed by atoms with Crippen LogP contribution in [-0.4, -0.2) is 31.1 Å². The van der Waals surface area contributed by atoms with Crippen LogP contribution in [0.3, 0.4) is 0 Å². The maximum Gasteiger partial charge on any atom is 0.279 e. The Hall–Kier alpha value is -2.08. The molecule has 1 aromatic rings. The van der Waals surface area contributed by atoms with E-state index in [9.17, 15) is 9.59 Å². The summed E-state index contributed by atoms with van der Waals surface area (Å²) in [5.41, 5.74) is 6.64. The highest BCUT2D eigenvalue weighted by atomic mass is 16.5. The summed E-state index contributed by atoms with van der Waals surface area (Å²) in [4.78, 5) is 23.1. The Labute approximate surface area is 124 Å². The van der Waals surface area contributed by atoms with Gasteiger partial charge in [-0.25, -0.2) is 0 Å². The molecule has 21 heavy (non-hydrogen) atoms. The number of amides is 2. The van der Waals surface area contributed by atoms with Crippen LogP contribution in [0.1, 0.15) is 25.0 Å². The number of carbonyl (C=O) groups is 2. The van der Waals surface area contributed by atoms with Crippen LogP contribution in [0.2, 0.25) is 0 Å². The summed E-state index contributed by atoms with van der Waals surface area (Å²) in [6.45, 7) is 7.65. The second-order valence-corrected chi connectivity index (χ2v) is 4.63. The van der Waals surface area contributed by atoms with Crippen LogP contribution in [-0.2, 0) is 14.3 Å². The number of hydrogen-bond donors (Lipinski definition) is 2. The number of hydrogen-bond acceptors (Lipinski definition) is 4. The van der Waals surface area contributed by atoms with Crippen LogP contribution in [0.4, 0.5) is 0 Å². The number of ether oxygens (including phenoxy) is 2. The first-order valence-electron chi connectivity index (χ1n) is 6.85. The van der Waals surface area contributed by atoms with Crippen molar-refractivity contribution < 1.29 is 19.1 Å². The minimum atomic E-state index is -0.724. The van der Waals surface area contributed by atoms with Gasteiger partial charge in [0.2, 0.25) is 0 Å². The molecule has 0 spiro atoms. The molecule has 1 rings (SSSR count). The lowest BCUT2D eigenvalue weighted by Crippen LogP contribution is -2.48. The molecule has 0 aliphatic carbocycles. The van der Waals surface area contributed by atoms with Gasteiger partial charge in [0.25, 0.3) is 11.8 Å². The molecule has 0 aromatic heterocycles. The van der Waals surface area contributed by atoms with Gasteiger partial charge in [-0.05, 0) is 44.9 Å². The maximum atomic E-state index is 11.8. The molecule has 1 atom stereocenters. The molecule has 1 aromatic carbocycles. The third-order valence-electron chi connectivity index (χ3n) is 2.99. The predicted octanol–water partition coefficient (Wildman–Crippen LogP) is 1.25. The number of rotatable bonds is 6. The molecule has 0 saturated carbocycles. The van der Waals surface area contributed by atoms with Crippen LogP contribution < -0.4 is 15.6 Å². The van der Waals surface area contributed by atoms with E-state index in [-0.39, 0.29) is 6.61 Å². The van der Waals surface area contributed by atoms with Crippen molar-refractivity contribution in [1.82, 2.24) is 10.9 Å². The van der Waals surface area contributed by atoms with Crippen molar-refractivity contribution in [2.45, 2.75) is 33.8 Å². The molecular formula is C15H22N2O4. The van der Waals surface area contributed by atoms with Gasteiger partial charge < -0.3 is 9.47 Å². The van der Waals surface area contributed by atoms with E-state index in [4.69, 9.17) is 9.47 Å². The highest BCUT2D eigenvalue weighted by Crippen LogP contribution is 2.21. The molecule has 0 fully saturated rings. The Bertz CT molecular complexity index is 502. The monoisotopic (exact) mass is 294 g/mol. The predicted molar refractivity (Wildman–Crippen MR) is 78.8 cm³/mol. The molecule has 0 bridgehead atoms. The van der Waals surface area contributed by atoms with Crippen molar-refractivity contribution in [3.8, 4) is 5.75 Å². The smallest absolute Gasteiger partial charge is 0.279 e. The topological polar surface area (TPSA) is 76.7 Å². The van der Waals surface area contributed by atoms with Gasteiger partial charge in [-0.2, -0.15) is 0 Å². The second kappa shape index (κ2) is 8.26. The van der Waals surface area contributed by atoms with Gasteiger partial charge in [0.05, 0.1) is 0 Å². The Morgan fingerprint density at radius 2 is 1.95 bits per heavy atom. The average Bonchev–Trinajstić information content (AvgIpc) is 2.47. The summed E-state index contributed by atoms with van der Waals surface area (Å²) in [5, 5.41) is 0. The van der Waals surface area contributed by atoms with E-state index in [2.05, 4.69) is 10.9 Å². The molecule has 0 radical (unpaired) electrons. The SMILES string of the molecule is CCOCC(=O)NNC(=O)C(C)Oc1cccc(C)c1C. The quantitative estimate of drug-likeness (QED) is 0.774. The van der Waals surface area contributed by atoms with Gasteiger partial charge in [0, 0.05) is 6.61 Å². The molecule has 6 nitrogen and oxygen atoms in total. The number of nitrogens with one attached hydrogen (secondary N) is 2. The second-order valence-electron chi connectivity index (χ2n) is 4.63. The first-order valence-corrected chi connectivity index (χ1v) is 6.85. The Morgan fingerprint density at radius 3 is 2.62 bits per heavy atom. The van der Waals surface area contributed by atoms with Gasteiger partial charge in [-0.1, -0.05) is 12.1 Å². The van der Waals surface area contributed by atoms with Crippen LogP contribution in [0.25, 0.3) is 0 Å². The van der Waals surface area contributed by atoms with Crippen molar-refractivity contribution >= 4 is 11.8 Å². The highest BCUT2D eigenvalue weighted by Gasteiger charge is 2.16. The normalized spacial score (nSPS) is 11.6. The minimum Gasteiger partial charge on any atom is -0.481 e. The van der Waals surface area contributed by atoms with Gasteiger partial charge in [0.1, 0.15) is 12.4 Å². The van der Waals surface area contributed by atoms with E-state index in [1.165, 1.54) is 0 Å². The van der Waals surface area contributed by atoms with Crippen molar-refractivity contribution in [1.29, 1.82) is 0 Å². The van der Waals surface area contributed by atoms with Crippen molar-refractivity contribution in [3.63, 3.8) is 0 Å². The first-order chi connectivity index (χ1) is 9.95. The molecule has 2 amide bonds. The largest absolute Gasteiger partial charge is 0.481 e. The average molecular weight is 294 g/mol. The van der Waals surface area contributed by atoms with Gasteiger partial charge in [0.15, 0.2) is 6.10 Å². The number of hydrazine groups is 1. The standard InChI is InChI=1S/C15H22N2O4/c1-5-20-9-14(18)16-17-15(19)12(4)21-13-8-6-7-10(2)11(13)3/h6-8,12H,5,9H2,1-4H3,(H,16,18)(H,17,19). The molecular weight excluding hydrogens is 272 g/mol. The summed E-state index contributed by atoms with van der Waals surface area (Å²) in [7, 11) is 0. The van der Waals surface area contributed by atoms with Crippen LogP contribution in [0, 0.1) is 13.8 Å². The lowest BCUT2D eigenvalue weighted by Gasteiger charge is -2.17. The lowest BCUT2D eigenvalue weighted by molar-refractivity contribution is -0.134. The third-order valence-corrected chi connectivity index (χ3v) is 2.99. The van der Waals surface area contributed by atoms with Gasteiger partial charge in [-0.3, -0.25) is 20.4 Å². The third kappa shape index (κ3) is 5.43. The van der Waals surface area contributed by atoms with Crippen LogP contribution in [0.5, 0.6) is 5.75 Å². The van der Waals surface area contributed by atoms with Gasteiger partial charge in [-0.15, -0.1) is 0 Å². The van der Waals surface area contributed by atoms with Crippen LogP contribution in [0.15, 0.2) is 18.2 Å². The number of carbonyl (C=O) groups excluding carboxylic acids is 2. The zero-order valence-electron chi connectivity index (χ0n) is 12.9. The van der Waals surface area contributed by atoms with E-state index in [1.54, 1.807) is 19.9 Å². The summed E-state index contributed by atoms with van der Waals surface area (Å²) in [5.74, 6) is -0.191. The molecule has 116 valence electrons. The molecule has 6 heteroatoms.